The Labute approximate surface area is 202 Å². The number of fused-ring (bicyclic) bond motifs is 1. The van der Waals surface area contributed by atoms with Crippen LogP contribution < -0.4 is 10.5 Å². The average Bonchev–Trinajstić information content (AvgIpc) is 3.18. The van der Waals surface area contributed by atoms with Crippen molar-refractivity contribution in [3.63, 3.8) is 0 Å². The number of carbonyl (C=O) groups excluding carboxylic acids is 1. The standard InChI is InChI=1S/C24H24ClN5O3S/c1-13(2)30-11-18(21-23(26)27-12-28-24(21)30)22(31)17-6-5-7-20(15(17)4)29-34(32,33)16-9-8-14(3)19(25)10-16/h5-13,29H,1-4H3,(H2,26,27,28). The molecule has 0 aliphatic carbocycles. The maximum Gasteiger partial charge on any atom is 0.261 e. The Bertz CT molecular complexity index is 1540. The van der Waals surface area contributed by atoms with Crippen molar-refractivity contribution >= 4 is 49.9 Å². The molecule has 0 unspecified atom stereocenters. The third kappa shape index (κ3) is 4.12. The monoisotopic (exact) mass is 497 g/mol. The highest BCUT2D eigenvalue weighted by molar-refractivity contribution is 7.92. The molecule has 10 heteroatoms. The average molecular weight is 498 g/mol. The fraction of sp³-hybridized carbons (Fsp3) is 0.208. The minimum atomic E-state index is -3.92. The third-order valence-corrected chi connectivity index (χ3v) is 7.49. The molecule has 0 atom stereocenters. The minimum Gasteiger partial charge on any atom is -0.383 e. The largest absolute Gasteiger partial charge is 0.383 e. The summed E-state index contributed by atoms with van der Waals surface area (Å²) < 4.78 is 30.4. The van der Waals surface area contributed by atoms with Gasteiger partial charge >= 0.3 is 0 Å². The van der Waals surface area contributed by atoms with Gasteiger partial charge in [-0.1, -0.05) is 29.8 Å². The second-order valence-corrected chi connectivity index (χ2v) is 10.4. The predicted octanol–water partition coefficient (Wildman–Crippen LogP) is 4.90. The summed E-state index contributed by atoms with van der Waals surface area (Å²) >= 11 is 6.11. The van der Waals surface area contributed by atoms with Crippen molar-refractivity contribution in [3.8, 4) is 0 Å². The number of halogens is 1. The van der Waals surface area contributed by atoms with Gasteiger partial charge in [-0.3, -0.25) is 9.52 Å². The number of nitrogen functional groups attached to an aromatic ring is 1. The summed E-state index contributed by atoms with van der Waals surface area (Å²) in [6.45, 7) is 7.43. The van der Waals surface area contributed by atoms with Crippen molar-refractivity contribution in [3.05, 3.63) is 76.2 Å². The van der Waals surface area contributed by atoms with Crippen molar-refractivity contribution in [2.45, 2.75) is 38.6 Å². The highest BCUT2D eigenvalue weighted by Gasteiger charge is 2.24. The first-order chi connectivity index (χ1) is 16.0. The first-order valence-electron chi connectivity index (χ1n) is 10.6. The molecule has 2 aromatic heterocycles. The summed E-state index contributed by atoms with van der Waals surface area (Å²) in [6, 6.07) is 9.44. The van der Waals surface area contributed by atoms with Gasteiger partial charge in [0.1, 0.15) is 17.8 Å². The van der Waals surface area contributed by atoms with E-state index in [9.17, 15) is 13.2 Å². The molecule has 4 aromatic rings. The molecular weight excluding hydrogens is 474 g/mol. The van der Waals surface area contributed by atoms with Crippen LogP contribution in [0.5, 0.6) is 0 Å². The Kier molecular flexibility index (Phi) is 6.09. The number of sulfonamides is 1. The molecule has 0 aliphatic rings. The number of benzene rings is 2. The quantitative estimate of drug-likeness (QED) is 0.366. The van der Waals surface area contributed by atoms with Crippen molar-refractivity contribution in [2.24, 2.45) is 0 Å². The van der Waals surface area contributed by atoms with E-state index in [1.807, 2.05) is 18.4 Å². The van der Waals surface area contributed by atoms with Crippen LogP contribution in [0.4, 0.5) is 11.5 Å². The van der Waals surface area contributed by atoms with Gasteiger partial charge in [0.25, 0.3) is 10.0 Å². The van der Waals surface area contributed by atoms with Crippen LogP contribution in [0.1, 0.15) is 46.9 Å². The lowest BCUT2D eigenvalue weighted by Crippen LogP contribution is -2.15. The molecule has 4 rings (SSSR count). The summed E-state index contributed by atoms with van der Waals surface area (Å²) in [5, 5.41) is 0.825. The number of aromatic nitrogens is 3. The molecule has 0 bridgehead atoms. The van der Waals surface area contributed by atoms with E-state index in [1.165, 1.54) is 18.5 Å². The highest BCUT2D eigenvalue weighted by atomic mass is 35.5. The zero-order chi connectivity index (χ0) is 24.8. The fourth-order valence-corrected chi connectivity index (χ4v) is 5.15. The lowest BCUT2D eigenvalue weighted by Gasteiger charge is -2.14. The van der Waals surface area contributed by atoms with Crippen LogP contribution in [0, 0.1) is 13.8 Å². The fourth-order valence-electron chi connectivity index (χ4n) is 3.76. The van der Waals surface area contributed by atoms with Crippen LogP contribution in [0.2, 0.25) is 5.02 Å². The van der Waals surface area contributed by atoms with Crippen molar-refractivity contribution < 1.29 is 13.2 Å². The number of ketones is 1. The van der Waals surface area contributed by atoms with Crippen molar-refractivity contribution in [1.29, 1.82) is 0 Å². The number of carbonyl (C=O) groups is 1. The van der Waals surface area contributed by atoms with Crippen LogP contribution in [0.3, 0.4) is 0 Å². The summed E-state index contributed by atoms with van der Waals surface area (Å²) in [6.07, 6.45) is 3.08. The summed E-state index contributed by atoms with van der Waals surface area (Å²) in [7, 11) is -3.92. The second-order valence-electron chi connectivity index (χ2n) is 8.33. The summed E-state index contributed by atoms with van der Waals surface area (Å²) in [4.78, 5) is 22.0. The molecule has 0 amide bonds. The molecule has 0 fully saturated rings. The molecule has 34 heavy (non-hydrogen) atoms. The Morgan fingerprint density at radius 2 is 1.85 bits per heavy atom. The Balaban J connectivity index is 1.77. The molecule has 176 valence electrons. The van der Waals surface area contributed by atoms with Gasteiger partial charge in [-0.15, -0.1) is 0 Å². The van der Waals surface area contributed by atoms with Gasteiger partial charge in [-0.2, -0.15) is 0 Å². The molecule has 2 heterocycles. The van der Waals surface area contributed by atoms with Crippen LogP contribution in [0.15, 0.2) is 53.8 Å². The van der Waals surface area contributed by atoms with E-state index in [0.29, 0.717) is 38.4 Å². The second kappa shape index (κ2) is 8.73. The Hall–Kier alpha value is -3.43. The summed E-state index contributed by atoms with van der Waals surface area (Å²) in [5.41, 5.74) is 8.91. The van der Waals surface area contributed by atoms with E-state index >= 15 is 0 Å². The lowest BCUT2D eigenvalue weighted by atomic mass is 9.98. The van der Waals surface area contributed by atoms with E-state index in [0.717, 1.165) is 5.56 Å². The van der Waals surface area contributed by atoms with E-state index in [-0.39, 0.29) is 22.5 Å². The predicted molar refractivity (Wildman–Crippen MR) is 134 cm³/mol. The summed E-state index contributed by atoms with van der Waals surface area (Å²) in [5.74, 6) is -0.0960. The molecule has 0 saturated heterocycles. The van der Waals surface area contributed by atoms with Gasteiger partial charge in [0.05, 0.1) is 21.5 Å². The number of nitrogens with two attached hydrogens (primary N) is 1. The number of hydrogen-bond acceptors (Lipinski definition) is 6. The molecule has 0 radical (unpaired) electrons. The van der Waals surface area contributed by atoms with Crippen LogP contribution in [0.25, 0.3) is 11.0 Å². The van der Waals surface area contributed by atoms with Crippen LogP contribution in [-0.4, -0.2) is 28.7 Å². The normalized spacial score (nSPS) is 11.8. The van der Waals surface area contributed by atoms with Crippen molar-refractivity contribution in [1.82, 2.24) is 14.5 Å². The first-order valence-corrected chi connectivity index (χ1v) is 12.4. The smallest absolute Gasteiger partial charge is 0.261 e. The van der Waals surface area contributed by atoms with Crippen molar-refractivity contribution in [2.75, 3.05) is 10.5 Å². The van der Waals surface area contributed by atoms with E-state index < -0.39 is 10.0 Å². The van der Waals surface area contributed by atoms with E-state index in [4.69, 9.17) is 17.3 Å². The highest BCUT2D eigenvalue weighted by Crippen LogP contribution is 2.31. The van der Waals surface area contributed by atoms with Gasteiger partial charge < -0.3 is 10.3 Å². The number of hydrogen-bond donors (Lipinski definition) is 2. The Morgan fingerprint density at radius 1 is 1.12 bits per heavy atom. The first kappa shape index (κ1) is 23.7. The van der Waals surface area contributed by atoms with Crippen LogP contribution >= 0.6 is 11.6 Å². The topological polar surface area (TPSA) is 120 Å². The van der Waals surface area contributed by atoms with Gasteiger partial charge in [-0.25, -0.2) is 18.4 Å². The number of rotatable bonds is 6. The maximum absolute atomic E-state index is 13.6. The minimum absolute atomic E-state index is 0.0316. The number of nitrogens with zero attached hydrogens (tertiary/aromatic N) is 3. The zero-order valence-electron chi connectivity index (χ0n) is 19.1. The lowest BCUT2D eigenvalue weighted by molar-refractivity contribution is 0.103. The third-order valence-electron chi connectivity index (χ3n) is 5.72. The molecule has 0 spiro atoms. The molecule has 2 aromatic carbocycles. The van der Waals surface area contributed by atoms with Gasteiger partial charge in [0.15, 0.2) is 5.78 Å². The SMILES string of the molecule is Cc1ccc(S(=O)(=O)Nc2cccc(C(=O)c3cn(C(C)C)c4ncnc(N)c34)c2C)cc1Cl. The van der Waals surface area contributed by atoms with E-state index in [2.05, 4.69) is 14.7 Å². The molecule has 3 N–H and O–H groups in total. The molecular formula is C24H24ClN5O3S. The van der Waals surface area contributed by atoms with Gasteiger partial charge in [0.2, 0.25) is 0 Å². The number of anilines is 2. The van der Waals surface area contributed by atoms with Crippen LogP contribution in [-0.2, 0) is 10.0 Å². The molecule has 0 saturated carbocycles. The number of aryl methyl sites for hydroxylation is 1. The molecule has 8 nitrogen and oxygen atoms in total. The molecule has 0 aliphatic heterocycles. The van der Waals surface area contributed by atoms with E-state index in [1.54, 1.807) is 44.3 Å². The van der Waals surface area contributed by atoms with Gasteiger partial charge in [0, 0.05) is 22.8 Å². The maximum atomic E-state index is 13.6. The Morgan fingerprint density at radius 3 is 2.53 bits per heavy atom. The number of nitrogens with one attached hydrogen (secondary N) is 1. The zero-order valence-corrected chi connectivity index (χ0v) is 20.7. The van der Waals surface area contributed by atoms with Gasteiger partial charge in [-0.05, 0) is 57.0 Å².